The van der Waals surface area contributed by atoms with Crippen LogP contribution in [0.5, 0.6) is 0 Å². The maximum absolute atomic E-state index is 9.47. The van der Waals surface area contributed by atoms with Crippen LogP contribution in [0.1, 0.15) is 32.1 Å². The van der Waals surface area contributed by atoms with Crippen molar-refractivity contribution < 1.29 is 5.11 Å². The Balaban J connectivity index is 1.81. The zero-order valence-corrected chi connectivity index (χ0v) is 11.0. The third kappa shape index (κ3) is 2.42. The van der Waals surface area contributed by atoms with Gasteiger partial charge in [0.05, 0.1) is 12.1 Å². The van der Waals surface area contributed by atoms with Crippen molar-refractivity contribution in [2.75, 3.05) is 35.6 Å². The van der Waals surface area contributed by atoms with Crippen molar-refractivity contribution in [3.8, 4) is 0 Å². The Labute approximate surface area is 112 Å². The van der Waals surface area contributed by atoms with E-state index in [1.165, 1.54) is 0 Å². The summed E-state index contributed by atoms with van der Waals surface area (Å²) in [6.07, 6.45) is 5.32. The lowest BCUT2D eigenvalue weighted by molar-refractivity contribution is 0.143. The van der Waals surface area contributed by atoms with Crippen LogP contribution in [-0.2, 0) is 0 Å². The molecule has 1 saturated heterocycles. The standard InChI is InChI=1S/C12H20N6O/c13-9-14-10(17-12(8-19)4-3-5-12)16-11(15-9)18-6-1-2-7-18/h19H,1-8H2,(H3,13,14,15,16,17). The van der Waals surface area contributed by atoms with Crippen molar-refractivity contribution in [3.05, 3.63) is 0 Å². The summed E-state index contributed by atoms with van der Waals surface area (Å²) in [5.41, 5.74) is 5.49. The molecule has 1 aromatic rings. The Morgan fingerprint density at radius 1 is 1.16 bits per heavy atom. The molecule has 1 aromatic heterocycles. The van der Waals surface area contributed by atoms with E-state index < -0.39 is 0 Å². The molecule has 0 atom stereocenters. The van der Waals surface area contributed by atoms with Crippen molar-refractivity contribution in [2.24, 2.45) is 0 Å². The number of anilines is 3. The maximum Gasteiger partial charge on any atom is 0.231 e. The predicted octanol–water partition coefficient (Wildman–Crippen LogP) is 0.381. The summed E-state index contributed by atoms with van der Waals surface area (Å²) in [7, 11) is 0. The largest absolute Gasteiger partial charge is 0.394 e. The van der Waals surface area contributed by atoms with E-state index in [1.807, 2.05) is 0 Å². The smallest absolute Gasteiger partial charge is 0.231 e. The fraction of sp³-hybridized carbons (Fsp3) is 0.750. The molecular weight excluding hydrogens is 244 g/mol. The number of aliphatic hydroxyl groups is 1. The van der Waals surface area contributed by atoms with Crippen molar-refractivity contribution in [3.63, 3.8) is 0 Å². The van der Waals surface area contributed by atoms with Crippen LogP contribution in [0, 0.1) is 0 Å². The van der Waals surface area contributed by atoms with Gasteiger partial charge in [-0.2, -0.15) is 15.0 Å². The third-order valence-corrected chi connectivity index (χ3v) is 4.02. The number of rotatable bonds is 4. The minimum Gasteiger partial charge on any atom is -0.394 e. The van der Waals surface area contributed by atoms with Crippen LogP contribution in [0.15, 0.2) is 0 Å². The van der Waals surface area contributed by atoms with Crippen molar-refractivity contribution >= 4 is 17.8 Å². The lowest BCUT2D eigenvalue weighted by atomic mass is 9.77. The number of aromatic nitrogens is 3. The molecule has 7 heteroatoms. The average Bonchev–Trinajstić information content (AvgIpc) is 2.87. The summed E-state index contributed by atoms with van der Waals surface area (Å²) < 4.78 is 0. The fourth-order valence-corrected chi connectivity index (χ4v) is 2.66. The van der Waals surface area contributed by atoms with Gasteiger partial charge in [-0.3, -0.25) is 0 Å². The van der Waals surface area contributed by atoms with Gasteiger partial charge in [0.25, 0.3) is 0 Å². The van der Waals surface area contributed by atoms with Crippen LogP contribution in [0.4, 0.5) is 17.8 Å². The van der Waals surface area contributed by atoms with Crippen LogP contribution in [-0.4, -0.2) is 45.3 Å². The highest BCUT2D eigenvalue weighted by atomic mass is 16.3. The monoisotopic (exact) mass is 264 g/mol. The van der Waals surface area contributed by atoms with Gasteiger partial charge >= 0.3 is 0 Å². The van der Waals surface area contributed by atoms with E-state index >= 15 is 0 Å². The molecule has 2 fully saturated rings. The molecule has 1 saturated carbocycles. The van der Waals surface area contributed by atoms with Gasteiger partial charge in [-0.05, 0) is 32.1 Å². The number of nitrogen functional groups attached to an aromatic ring is 1. The van der Waals surface area contributed by atoms with Crippen molar-refractivity contribution in [1.82, 2.24) is 15.0 Å². The lowest BCUT2D eigenvalue weighted by Gasteiger charge is -2.40. The molecule has 0 amide bonds. The fourth-order valence-electron chi connectivity index (χ4n) is 2.66. The Morgan fingerprint density at radius 2 is 1.89 bits per heavy atom. The second-order valence-corrected chi connectivity index (χ2v) is 5.43. The Bertz CT molecular complexity index is 450. The van der Waals surface area contributed by atoms with Gasteiger partial charge in [-0.1, -0.05) is 0 Å². The van der Waals surface area contributed by atoms with Crippen LogP contribution in [0.25, 0.3) is 0 Å². The molecule has 7 nitrogen and oxygen atoms in total. The zero-order valence-electron chi connectivity index (χ0n) is 11.0. The summed E-state index contributed by atoms with van der Waals surface area (Å²) >= 11 is 0. The van der Waals surface area contributed by atoms with Crippen molar-refractivity contribution in [2.45, 2.75) is 37.6 Å². The molecule has 2 aliphatic rings. The summed E-state index contributed by atoms with van der Waals surface area (Å²) in [5.74, 6) is 1.34. The number of hydrogen-bond acceptors (Lipinski definition) is 7. The predicted molar refractivity (Wildman–Crippen MR) is 73.0 cm³/mol. The Hall–Kier alpha value is -1.63. The SMILES string of the molecule is Nc1nc(NC2(CO)CCC2)nc(N2CCCC2)n1. The van der Waals surface area contributed by atoms with E-state index in [0.29, 0.717) is 11.9 Å². The summed E-state index contributed by atoms with van der Waals surface area (Å²) in [6.45, 7) is 2.03. The minimum atomic E-state index is -0.268. The zero-order chi connectivity index (χ0) is 13.3. The molecule has 1 aliphatic heterocycles. The van der Waals surface area contributed by atoms with Gasteiger partial charge in [-0.25, -0.2) is 0 Å². The average molecular weight is 264 g/mol. The van der Waals surface area contributed by atoms with E-state index in [2.05, 4.69) is 25.2 Å². The first-order valence-corrected chi connectivity index (χ1v) is 6.86. The molecule has 104 valence electrons. The van der Waals surface area contributed by atoms with Gasteiger partial charge in [0.15, 0.2) is 0 Å². The van der Waals surface area contributed by atoms with E-state index in [4.69, 9.17) is 5.73 Å². The number of nitrogens with zero attached hydrogens (tertiary/aromatic N) is 4. The molecule has 0 unspecified atom stereocenters. The molecule has 4 N–H and O–H groups in total. The topological polar surface area (TPSA) is 100 Å². The van der Waals surface area contributed by atoms with E-state index in [-0.39, 0.29) is 18.1 Å². The molecule has 0 spiro atoms. The molecule has 1 aliphatic carbocycles. The van der Waals surface area contributed by atoms with Gasteiger partial charge in [-0.15, -0.1) is 0 Å². The first-order chi connectivity index (χ1) is 9.21. The molecule has 0 bridgehead atoms. The first kappa shape index (κ1) is 12.4. The summed E-state index contributed by atoms with van der Waals surface area (Å²) in [4.78, 5) is 14.9. The van der Waals surface area contributed by atoms with Crippen LogP contribution in [0.3, 0.4) is 0 Å². The van der Waals surface area contributed by atoms with Gasteiger partial charge < -0.3 is 21.1 Å². The van der Waals surface area contributed by atoms with Gasteiger partial charge in [0.2, 0.25) is 17.8 Å². The molecule has 0 aromatic carbocycles. The molecule has 2 heterocycles. The highest BCUT2D eigenvalue weighted by Gasteiger charge is 2.37. The van der Waals surface area contributed by atoms with Gasteiger partial charge in [0, 0.05) is 13.1 Å². The molecule has 19 heavy (non-hydrogen) atoms. The molecular formula is C12H20N6O. The molecule has 0 radical (unpaired) electrons. The van der Waals surface area contributed by atoms with Gasteiger partial charge in [0.1, 0.15) is 0 Å². The highest BCUT2D eigenvalue weighted by molar-refractivity contribution is 5.44. The highest BCUT2D eigenvalue weighted by Crippen LogP contribution is 2.34. The van der Waals surface area contributed by atoms with Crippen molar-refractivity contribution in [1.29, 1.82) is 0 Å². The number of nitrogens with one attached hydrogen (secondary N) is 1. The van der Waals surface area contributed by atoms with E-state index in [1.54, 1.807) is 0 Å². The number of nitrogens with two attached hydrogens (primary N) is 1. The number of hydrogen-bond donors (Lipinski definition) is 3. The second-order valence-electron chi connectivity index (χ2n) is 5.43. The van der Waals surface area contributed by atoms with Crippen LogP contribution >= 0.6 is 0 Å². The first-order valence-electron chi connectivity index (χ1n) is 6.86. The second kappa shape index (κ2) is 4.80. The van der Waals surface area contributed by atoms with E-state index in [0.717, 1.165) is 45.2 Å². The van der Waals surface area contributed by atoms with Crippen LogP contribution in [0.2, 0.25) is 0 Å². The number of aliphatic hydroxyl groups excluding tert-OH is 1. The maximum atomic E-state index is 9.47. The Kier molecular flexibility index (Phi) is 3.14. The normalized spacial score (nSPS) is 21.2. The lowest BCUT2D eigenvalue weighted by Crippen LogP contribution is -2.48. The molecule has 3 rings (SSSR count). The Morgan fingerprint density at radius 3 is 2.47 bits per heavy atom. The summed E-state index contributed by atoms with van der Waals surface area (Å²) in [5, 5.41) is 12.7. The van der Waals surface area contributed by atoms with Crippen LogP contribution < -0.4 is 16.0 Å². The van der Waals surface area contributed by atoms with E-state index in [9.17, 15) is 5.11 Å². The quantitative estimate of drug-likeness (QED) is 0.722. The minimum absolute atomic E-state index is 0.0949. The third-order valence-electron chi connectivity index (χ3n) is 4.02. The summed E-state index contributed by atoms with van der Waals surface area (Å²) in [6, 6.07) is 0.